The molecule has 3 heteroatoms. The van der Waals surface area contributed by atoms with Gasteiger partial charge >= 0.3 is 0 Å². The monoisotopic (exact) mass is 221 g/mol. The van der Waals surface area contributed by atoms with Crippen LogP contribution >= 0.6 is 0 Å². The van der Waals surface area contributed by atoms with Crippen molar-refractivity contribution in [2.45, 2.75) is 27.7 Å². The zero-order valence-corrected chi connectivity index (χ0v) is 10.1. The molecule has 0 bridgehead atoms. The Balaban J connectivity index is 3.15. The summed E-state index contributed by atoms with van der Waals surface area (Å²) < 4.78 is 18.9. The number of nitrogens with zero attached hydrogens (tertiary/aromatic N) is 1. The van der Waals surface area contributed by atoms with Gasteiger partial charge in [0.2, 0.25) is 0 Å². The normalized spacial score (nSPS) is 13.1. The zero-order valence-electron chi connectivity index (χ0n) is 10.1. The summed E-state index contributed by atoms with van der Waals surface area (Å²) in [4.78, 5) is 4.15. The summed E-state index contributed by atoms with van der Waals surface area (Å²) in [6.45, 7) is 10.6. The number of rotatable bonds is 3. The molecule has 0 N–H and O–H groups in total. The van der Waals surface area contributed by atoms with Gasteiger partial charge in [-0.2, -0.15) is 0 Å². The molecule has 2 nitrogen and oxygen atoms in total. The maximum atomic E-state index is 13.4. The fourth-order valence-corrected chi connectivity index (χ4v) is 1.34. The summed E-state index contributed by atoms with van der Waals surface area (Å²) in [5, 5.41) is 0. The van der Waals surface area contributed by atoms with Gasteiger partial charge in [0.15, 0.2) is 11.7 Å². The van der Waals surface area contributed by atoms with Gasteiger partial charge in [0, 0.05) is 12.5 Å². The van der Waals surface area contributed by atoms with Crippen molar-refractivity contribution in [3.05, 3.63) is 47.5 Å². The van der Waals surface area contributed by atoms with E-state index in [1.54, 1.807) is 19.9 Å². The number of allylic oxidation sites excluding steroid dienone is 5. The van der Waals surface area contributed by atoms with E-state index in [-0.39, 0.29) is 5.83 Å². The summed E-state index contributed by atoms with van der Waals surface area (Å²) in [5.74, 6) is 0.842. The second-order valence-electron chi connectivity index (χ2n) is 3.66. The zero-order chi connectivity index (χ0) is 12.3. The largest absolute Gasteiger partial charge is 0.441 e. The minimum absolute atomic E-state index is 0.346. The molecule has 0 atom stereocenters. The number of halogens is 1. The summed E-state index contributed by atoms with van der Waals surface area (Å²) in [6, 6.07) is 0. The minimum Gasteiger partial charge on any atom is -0.441 e. The maximum absolute atomic E-state index is 13.4. The second-order valence-corrected chi connectivity index (χ2v) is 3.66. The van der Waals surface area contributed by atoms with Crippen LogP contribution in [0, 0.1) is 13.8 Å². The SMILES string of the molecule is C=C(C)C(F)=CC(=CC)c1oc(C)nc1C. The highest BCUT2D eigenvalue weighted by molar-refractivity contribution is 5.72. The third kappa shape index (κ3) is 2.69. The van der Waals surface area contributed by atoms with Crippen LogP contribution in [0.5, 0.6) is 0 Å². The highest BCUT2D eigenvalue weighted by Crippen LogP contribution is 2.24. The Morgan fingerprint density at radius 1 is 1.44 bits per heavy atom. The molecular weight excluding hydrogens is 205 g/mol. The number of hydrogen-bond donors (Lipinski definition) is 0. The Labute approximate surface area is 95.2 Å². The molecule has 0 unspecified atom stereocenters. The first kappa shape index (κ1) is 12.4. The van der Waals surface area contributed by atoms with Gasteiger partial charge < -0.3 is 4.42 Å². The van der Waals surface area contributed by atoms with E-state index in [1.165, 1.54) is 6.08 Å². The van der Waals surface area contributed by atoms with E-state index in [1.807, 2.05) is 13.8 Å². The molecule has 1 rings (SSSR count). The molecule has 86 valence electrons. The molecule has 0 saturated heterocycles. The minimum atomic E-state index is -0.346. The lowest BCUT2D eigenvalue weighted by Gasteiger charge is -1.99. The number of aryl methyl sites for hydroxylation is 2. The number of oxazole rings is 1. The molecule has 0 aliphatic rings. The Morgan fingerprint density at radius 2 is 2.06 bits per heavy atom. The molecule has 0 fully saturated rings. The quantitative estimate of drug-likeness (QED) is 0.717. The average Bonchev–Trinajstić information content (AvgIpc) is 2.53. The Kier molecular flexibility index (Phi) is 3.82. The van der Waals surface area contributed by atoms with Crippen LogP contribution in [0.15, 0.2) is 34.5 Å². The standard InChI is InChI=1S/C13H16FNO/c1-6-11(7-12(14)8(2)3)13-9(4)15-10(5)16-13/h6-7H,2H2,1,3-5H3. The van der Waals surface area contributed by atoms with E-state index in [9.17, 15) is 4.39 Å². The predicted octanol–water partition coefficient (Wildman–Crippen LogP) is 4.12. The van der Waals surface area contributed by atoms with Crippen LogP contribution in [-0.2, 0) is 0 Å². The lowest BCUT2D eigenvalue weighted by atomic mass is 10.1. The van der Waals surface area contributed by atoms with Crippen molar-refractivity contribution in [3.8, 4) is 0 Å². The van der Waals surface area contributed by atoms with Gasteiger partial charge in [0.25, 0.3) is 0 Å². The van der Waals surface area contributed by atoms with Gasteiger partial charge in [-0.25, -0.2) is 9.37 Å². The van der Waals surface area contributed by atoms with Crippen molar-refractivity contribution in [1.29, 1.82) is 0 Å². The smallest absolute Gasteiger partial charge is 0.192 e. The molecule has 0 amide bonds. The summed E-state index contributed by atoms with van der Waals surface area (Å²) >= 11 is 0. The topological polar surface area (TPSA) is 26.0 Å². The van der Waals surface area contributed by atoms with Crippen LogP contribution in [-0.4, -0.2) is 4.98 Å². The highest BCUT2D eigenvalue weighted by Gasteiger charge is 2.10. The van der Waals surface area contributed by atoms with Gasteiger partial charge in [0.1, 0.15) is 5.83 Å². The lowest BCUT2D eigenvalue weighted by Crippen LogP contribution is -1.84. The first-order chi connectivity index (χ1) is 7.45. The van der Waals surface area contributed by atoms with Crippen molar-refractivity contribution in [1.82, 2.24) is 4.98 Å². The van der Waals surface area contributed by atoms with Crippen molar-refractivity contribution >= 4 is 5.57 Å². The summed E-state index contributed by atoms with van der Waals surface area (Å²) in [5.41, 5.74) is 1.84. The van der Waals surface area contributed by atoms with Crippen LogP contribution in [0.25, 0.3) is 5.57 Å². The fraction of sp³-hybridized carbons (Fsp3) is 0.308. The van der Waals surface area contributed by atoms with Gasteiger partial charge in [-0.15, -0.1) is 0 Å². The van der Waals surface area contributed by atoms with Crippen molar-refractivity contribution in [2.75, 3.05) is 0 Å². The summed E-state index contributed by atoms with van der Waals surface area (Å²) in [7, 11) is 0. The molecule has 0 aliphatic heterocycles. The Bertz CT molecular complexity index is 466. The fourth-order valence-electron chi connectivity index (χ4n) is 1.34. The molecule has 0 aromatic carbocycles. The van der Waals surface area contributed by atoms with Crippen LogP contribution in [0.2, 0.25) is 0 Å². The maximum Gasteiger partial charge on any atom is 0.192 e. The lowest BCUT2D eigenvalue weighted by molar-refractivity contribution is 0.509. The molecule has 16 heavy (non-hydrogen) atoms. The third-order valence-corrected chi connectivity index (χ3v) is 2.17. The Hall–Kier alpha value is -1.64. The third-order valence-electron chi connectivity index (χ3n) is 2.17. The summed E-state index contributed by atoms with van der Waals surface area (Å²) in [6.07, 6.45) is 3.20. The van der Waals surface area contributed by atoms with Crippen LogP contribution in [0.3, 0.4) is 0 Å². The van der Waals surface area contributed by atoms with E-state index < -0.39 is 0 Å². The van der Waals surface area contributed by atoms with Gasteiger partial charge in [-0.05, 0) is 32.4 Å². The molecule has 1 aromatic rings. The van der Waals surface area contributed by atoms with Crippen molar-refractivity contribution in [3.63, 3.8) is 0 Å². The van der Waals surface area contributed by atoms with E-state index in [2.05, 4.69) is 11.6 Å². The molecular formula is C13H16FNO. The molecule has 1 heterocycles. The first-order valence-electron chi connectivity index (χ1n) is 5.09. The predicted molar refractivity (Wildman–Crippen MR) is 63.6 cm³/mol. The Morgan fingerprint density at radius 3 is 2.44 bits per heavy atom. The molecule has 1 aromatic heterocycles. The molecule has 0 spiro atoms. The molecule has 0 saturated carbocycles. The van der Waals surface area contributed by atoms with E-state index in [4.69, 9.17) is 4.42 Å². The second kappa shape index (κ2) is 4.92. The molecule has 0 radical (unpaired) electrons. The van der Waals surface area contributed by atoms with Gasteiger partial charge in [-0.3, -0.25) is 0 Å². The number of hydrogen-bond acceptors (Lipinski definition) is 2. The van der Waals surface area contributed by atoms with Crippen molar-refractivity contribution in [2.24, 2.45) is 0 Å². The number of aromatic nitrogens is 1. The van der Waals surface area contributed by atoms with Crippen LogP contribution in [0.1, 0.15) is 31.2 Å². The van der Waals surface area contributed by atoms with Crippen LogP contribution in [0.4, 0.5) is 4.39 Å². The highest BCUT2D eigenvalue weighted by atomic mass is 19.1. The molecule has 0 aliphatic carbocycles. The average molecular weight is 221 g/mol. The van der Waals surface area contributed by atoms with Crippen molar-refractivity contribution < 1.29 is 8.81 Å². The van der Waals surface area contributed by atoms with Gasteiger partial charge in [-0.1, -0.05) is 12.7 Å². The van der Waals surface area contributed by atoms with Crippen LogP contribution < -0.4 is 0 Å². The van der Waals surface area contributed by atoms with E-state index in [0.717, 1.165) is 5.69 Å². The first-order valence-corrected chi connectivity index (χ1v) is 5.09. The van der Waals surface area contributed by atoms with E-state index >= 15 is 0 Å². The van der Waals surface area contributed by atoms with Gasteiger partial charge in [0.05, 0.1) is 5.69 Å². The van der Waals surface area contributed by atoms with E-state index in [0.29, 0.717) is 22.8 Å².